The predicted molar refractivity (Wildman–Crippen MR) is 120 cm³/mol. The maximum Gasteiger partial charge on any atom is 0.194 e. The number of aryl methyl sites for hydroxylation is 1. The number of nitrogens with two attached hydrogens (primary N) is 1. The normalized spacial score (nSPS) is 13.4. The van der Waals surface area contributed by atoms with Crippen molar-refractivity contribution in [3.63, 3.8) is 0 Å². The Balaban J connectivity index is 1.43. The molecule has 0 fully saturated rings. The summed E-state index contributed by atoms with van der Waals surface area (Å²) < 4.78 is 6.88. The van der Waals surface area contributed by atoms with Crippen molar-refractivity contribution >= 4 is 28.2 Å². The van der Waals surface area contributed by atoms with Crippen molar-refractivity contribution in [2.75, 3.05) is 12.8 Å². The van der Waals surface area contributed by atoms with E-state index in [1.54, 1.807) is 11.8 Å². The highest BCUT2D eigenvalue weighted by Gasteiger charge is 2.22. The highest BCUT2D eigenvalue weighted by atomic mass is 16.5. The van der Waals surface area contributed by atoms with E-state index in [9.17, 15) is 4.79 Å². The number of ketones is 1. The van der Waals surface area contributed by atoms with Crippen molar-refractivity contribution in [3.8, 4) is 11.4 Å². The fraction of sp³-hybridized carbons (Fsp3) is 0.125. The van der Waals surface area contributed by atoms with E-state index in [2.05, 4.69) is 15.1 Å². The van der Waals surface area contributed by atoms with Crippen LogP contribution in [0.2, 0.25) is 0 Å². The number of Topliss-reactive ketones (excluding diaryl/α,β-unsaturated/α-hetero) is 1. The number of carbonyl (C=O) groups is 1. The number of ether oxygens (including phenoxy) is 1. The first kappa shape index (κ1) is 18.9. The zero-order valence-corrected chi connectivity index (χ0v) is 17.2. The minimum Gasteiger partial charge on any atom is -0.497 e. The number of carbonyl (C=O) groups excluding carboxylic acids is 1. The summed E-state index contributed by atoms with van der Waals surface area (Å²) >= 11 is 0. The van der Waals surface area contributed by atoms with Crippen LogP contribution in [0.5, 0.6) is 5.75 Å². The van der Waals surface area contributed by atoms with Gasteiger partial charge in [-0.1, -0.05) is 18.2 Å². The second kappa shape index (κ2) is 7.28. The number of anilines is 1. The number of hydrogen-bond acceptors (Lipinski definition) is 5. The smallest absolute Gasteiger partial charge is 0.194 e. The first-order valence-electron chi connectivity index (χ1n) is 9.93. The van der Waals surface area contributed by atoms with Crippen LogP contribution in [0.4, 0.5) is 5.82 Å². The fourth-order valence-corrected chi connectivity index (χ4v) is 3.86. The van der Waals surface area contributed by atoms with E-state index in [4.69, 9.17) is 10.5 Å². The number of H-pyrrole nitrogens is 1. The van der Waals surface area contributed by atoms with Gasteiger partial charge in [-0.25, -0.2) is 9.67 Å². The number of imidazole rings is 1. The van der Waals surface area contributed by atoms with Gasteiger partial charge in [-0.3, -0.25) is 4.79 Å². The molecule has 2 aromatic heterocycles. The van der Waals surface area contributed by atoms with Gasteiger partial charge in [0, 0.05) is 5.57 Å². The van der Waals surface area contributed by atoms with Gasteiger partial charge in [-0.2, -0.15) is 5.10 Å². The van der Waals surface area contributed by atoms with Crippen molar-refractivity contribution in [2.24, 2.45) is 0 Å². The van der Waals surface area contributed by atoms with E-state index < -0.39 is 0 Å². The number of nitrogens with one attached hydrogen (secondary N) is 1. The average molecular weight is 411 g/mol. The highest BCUT2D eigenvalue weighted by molar-refractivity contribution is 6.13. The van der Waals surface area contributed by atoms with Crippen molar-refractivity contribution in [2.45, 2.75) is 13.3 Å². The van der Waals surface area contributed by atoms with E-state index in [1.807, 2.05) is 61.5 Å². The molecule has 0 amide bonds. The van der Waals surface area contributed by atoms with Crippen molar-refractivity contribution in [1.82, 2.24) is 19.7 Å². The minimum atomic E-state index is -0.114. The Kier molecular flexibility index (Phi) is 4.43. The third-order valence-corrected chi connectivity index (χ3v) is 5.45. The molecular formula is C24H21N5O2. The molecule has 0 bridgehead atoms. The molecule has 154 valence electrons. The molecule has 2 heterocycles. The van der Waals surface area contributed by atoms with E-state index >= 15 is 0 Å². The lowest BCUT2D eigenvalue weighted by molar-refractivity contribution is 0.103. The van der Waals surface area contributed by atoms with Gasteiger partial charge < -0.3 is 15.5 Å². The SMILES string of the molecule is COc1cccc(C2=CCC(C(=O)c3cnn(-c4ccc5nc(C)[nH]c5c4)c3N)=C2)c1. The van der Waals surface area contributed by atoms with Crippen LogP contribution in [0.25, 0.3) is 22.3 Å². The third kappa shape index (κ3) is 3.30. The summed E-state index contributed by atoms with van der Waals surface area (Å²) in [5.41, 5.74) is 11.9. The number of aromatic amines is 1. The second-order valence-electron chi connectivity index (χ2n) is 7.47. The Morgan fingerprint density at radius 2 is 2.10 bits per heavy atom. The second-order valence-corrected chi connectivity index (χ2v) is 7.47. The lowest BCUT2D eigenvalue weighted by atomic mass is 10.0. The maximum atomic E-state index is 13.2. The summed E-state index contributed by atoms with van der Waals surface area (Å²) in [5.74, 6) is 1.82. The third-order valence-electron chi connectivity index (χ3n) is 5.45. The molecule has 3 N–H and O–H groups in total. The summed E-state index contributed by atoms with van der Waals surface area (Å²) in [6.07, 6.45) is 6.03. The average Bonchev–Trinajstić information content (AvgIpc) is 3.50. The Hall–Kier alpha value is -4.13. The maximum absolute atomic E-state index is 13.2. The van der Waals surface area contributed by atoms with Gasteiger partial charge in [0.2, 0.25) is 0 Å². The van der Waals surface area contributed by atoms with Crippen LogP contribution < -0.4 is 10.5 Å². The quantitative estimate of drug-likeness (QED) is 0.479. The van der Waals surface area contributed by atoms with E-state index in [0.29, 0.717) is 23.4 Å². The lowest BCUT2D eigenvalue weighted by Gasteiger charge is -2.06. The molecule has 0 spiro atoms. The molecular weight excluding hydrogens is 390 g/mol. The summed E-state index contributed by atoms with van der Waals surface area (Å²) in [6, 6.07) is 13.5. The summed E-state index contributed by atoms with van der Waals surface area (Å²) in [4.78, 5) is 20.8. The molecule has 0 unspecified atom stereocenters. The molecule has 7 nitrogen and oxygen atoms in total. The van der Waals surface area contributed by atoms with Gasteiger partial charge in [-0.15, -0.1) is 0 Å². The fourth-order valence-electron chi connectivity index (χ4n) is 3.86. The van der Waals surface area contributed by atoms with Gasteiger partial charge in [-0.05, 0) is 60.9 Å². The zero-order valence-electron chi connectivity index (χ0n) is 17.2. The molecule has 31 heavy (non-hydrogen) atoms. The number of nitrogens with zero attached hydrogens (tertiary/aromatic N) is 3. The molecule has 5 rings (SSSR count). The highest BCUT2D eigenvalue weighted by Crippen LogP contribution is 2.31. The first-order chi connectivity index (χ1) is 15.0. The lowest BCUT2D eigenvalue weighted by Crippen LogP contribution is -2.07. The molecule has 0 atom stereocenters. The Morgan fingerprint density at radius 1 is 1.23 bits per heavy atom. The molecule has 0 saturated heterocycles. The molecule has 2 aromatic carbocycles. The Bertz CT molecular complexity index is 1390. The largest absolute Gasteiger partial charge is 0.497 e. The number of rotatable bonds is 5. The standard InChI is InChI=1S/C24H21N5O2/c1-14-27-21-9-8-18(12-22(21)28-14)29-24(25)20(13-26-29)23(30)17-7-6-16(10-17)15-4-3-5-19(11-15)31-2/h3-6,8-13H,7,25H2,1-2H3,(H,27,28). The topological polar surface area (TPSA) is 98.8 Å². The number of aromatic nitrogens is 4. The monoisotopic (exact) mass is 411 g/mol. The van der Waals surface area contributed by atoms with Crippen LogP contribution in [0.1, 0.15) is 28.2 Å². The summed E-state index contributed by atoms with van der Waals surface area (Å²) in [7, 11) is 1.64. The number of nitrogen functional groups attached to an aromatic ring is 1. The number of allylic oxidation sites excluding steroid dienone is 4. The summed E-state index contributed by atoms with van der Waals surface area (Å²) in [5, 5.41) is 4.37. The van der Waals surface area contributed by atoms with Gasteiger partial charge in [0.1, 0.15) is 17.4 Å². The number of hydrogen-bond donors (Lipinski definition) is 2. The van der Waals surface area contributed by atoms with Gasteiger partial charge in [0.15, 0.2) is 5.78 Å². The first-order valence-corrected chi connectivity index (χ1v) is 9.93. The molecule has 0 aliphatic heterocycles. The van der Waals surface area contributed by atoms with Gasteiger partial charge in [0.25, 0.3) is 0 Å². The molecule has 1 aliphatic carbocycles. The zero-order chi connectivity index (χ0) is 21.5. The van der Waals surface area contributed by atoms with Crippen molar-refractivity contribution < 1.29 is 9.53 Å². The molecule has 1 aliphatic rings. The van der Waals surface area contributed by atoms with Crippen LogP contribution in [-0.4, -0.2) is 32.6 Å². The van der Waals surface area contributed by atoms with Crippen LogP contribution in [-0.2, 0) is 0 Å². The molecule has 0 saturated carbocycles. The van der Waals surface area contributed by atoms with Gasteiger partial charge in [0.05, 0.1) is 35.6 Å². The van der Waals surface area contributed by atoms with Crippen LogP contribution in [0.15, 0.2) is 66.4 Å². The number of methoxy groups -OCH3 is 1. The molecule has 7 heteroatoms. The van der Waals surface area contributed by atoms with Crippen LogP contribution in [0.3, 0.4) is 0 Å². The van der Waals surface area contributed by atoms with Crippen LogP contribution >= 0.6 is 0 Å². The van der Waals surface area contributed by atoms with Gasteiger partial charge >= 0.3 is 0 Å². The predicted octanol–water partition coefficient (Wildman–Crippen LogP) is 4.24. The number of fused-ring (bicyclic) bond motifs is 1. The Labute approximate surface area is 178 Å². The van der Waals surface area contributed by atoms with E-state index in [1.165, 1.54) is 6.20 Å². The minimum absolute atomic E-state index is 0.114. The van der Waals surface area contributed by atoms with Crippen molar-refractivity contribution in [1.29, 1.82) is 0 Å². The van der Waals surface area contributed by atoms with Crippen LogP contribution in [0, 0.1) is 6.92 Å². The van der Waals surface area contributed by atoms with E-state index in [-0.39, 0.29) is 5.78 Å². The Morgan fingerprint density at radius 3 is 2.94 bits per heavy atom. The number of benzene rings is 2. The van der Waals surface area contributed by atoms with E-state index in [0.717, 1.165) is 39.4 Å². The molecule has 4 aromatic rings. The summed E-state index contributed by atoms with van der Waals surface area (Å²) in [6.45, 7) is 1.90. The van der Waals surface area contributed by atoms with Crippen molar-refractivity contribution in [3.05, 3.63) is 83.3 Å². The molecule has 0 radical (unpaired) electrons.